The molecule has 0 unspecified atom stereocenters. The van der Waals surface area contributed by atoms with Crippen LogP contribution in [0.2, 0.25) is 0 Å². The molecule has 2 aromatic carbocycles. The van der Waals surface area contributed by atoms with Crippen molar-refractivity contribution >= 4 is 44.5 Å². The lowest BCUT2D eigenvalue weighted by molar-refractivity contribution is -0.185. The van der Waals surface area contributed by atoms with E-state index >= 15 is 0 Å². The summed E-state index contributed by atoms with van der Waals surface area (Å²) in [5.41, 5.74) is -1.82. The molecule has 2 heterocycles. The quantitative estimate of drug-likeness (QED) is 0.351. The van der Waals surface area contributed by atoms with Crippen LogP contribution in [0.3, 0.4) is 0 Å². The molecule has 0 atom stereocenters. The Morgan fingerprint density at radius 3 is 1.52 bits per heavy atom. The van der Waals surface area contributed by atoms with E-state index in [9.17, 15) is 50.4 Å². The Bertz CT molecular complexity index is 1340. The van der Waals surface area contributed by atoms with Gasteiger partial charge in [-0.25, -0.2) is 0 Å². The predicted octanol–water partition coefficient (Wildman–Crippen LogP) is 0.903. The van der Waals surface area contributed by atoms with Crippen LogP contribution in [0.5, 0.6) is 0 Å². The number of hydrogen-bond donors (Lipinski definition) is 2. The highest BCUT2D eigenvalue weighted by atomic mass is 32.2. The van der Waals surface area contributed by atoms with E-state index in [1.807, 2.05) is 0 Å². The van der Waals surface area contributed by atoms with Crippen LogP contribution in [0.15, 0.2) is 24.3 Å². The number of hydroxylamine groups is 4. The van der Waals surface area contributed by atoms with E-state index in [0.29, 0.717) is 0 Å². The van der Waals surface area contributed by atoms with Crippen LogP contribution in [-0.2, 0) is 14.4 Å². The van der Waals surface area contributed by atoms with Crippen molar-refractivity contribution in [1.82, 2.24) is 10.1 Å². The van der Waals surface area contributed by atoms with Gasteiger partial charge in [-0.2, -0.15) is 26.0 Å². The predicted molar refractivity (Wildman–Crippen MR) is 93.7 cm³/mol. The molecule has 0 fully saturated rings. The zero-order valence-corrected chi connectivity index (χ0v) is 16.4. The number of rotatable bonds is 5. The van der Waals surface area contributed by atoms with Crippen LogP contribution in [0, 0.1) is 0 Å². The molecule has 0 spiro atoms. The Morgan fingerprint density at radius 2 is 1.15 bits per heavy atom. The SMILES string of the molecule is O=C1c2ccc3c4c(ccc(c24)C(=O)N1O)C(=O)N(OS(=O)(=O)C(F)(F)C(F)(F)CO)C3=O. The molecule has 2 aliphatic heterocycles. The molecule has 16 heteroatoms. The Morgan fingerprint density at radius 1 is 0.788 bits per heavy atom. The van der Waals surface area contributed by atoms with Crippen molar-refractivity contribution in [2.75, 3.05) is 6.61 Å². The fraction of sp³-hybridized carbons (Fsp3) is 0.176. The molecule has 2 N–H and O–H groups in total. The minimum atomic E-state index is -6.71. The number of carbonyl (C=O) groups is 4. The number of aliphatic hydroxyl groups excluding tert-OH is 1. The van der Waals surface area contributed by atoms with Crippen molar-refractivity contribution < 1.29 is 59.8 Å². The maximum Gasteiger partial charge on any atom is 0.436 e. The Labute approximate surface area is 179 Å². The zero-order chi connectivity index (χ0) is 24.7. The second-order valence-corrected chi connectivity index (χ2v) is 8.38. The van der Waals surface area contributed by atoms with Gasteiger partial charge in [-0.1, -0.05) is 0 Å². The number of alkyl halides is 4. The number of halogens is 4. The number of nitrogens with zero attached hydrogens (tertiary/aromatic N) is 2. The Balaban J connectivity index is 1.87. The van der Waals surface area contributed by atoms with Gasteiger partial charge >= 0.3 is 21.3 Å². The summed E-state index contributed by atoms with van der Waals surface area (Å²) >= 11 is 0. The van der Waals surface area contributed by atoms with E-state index in [4.69, 9.17) is 5.11 Å². The molecule has 4 rings (SSSR count). The van der Waals surface area contributed by atoms with Gasteiger partial charge in [0.05, 0.1) is 22.3 Å². The molecule has 11 nitrogen and oxygen atoms in total. The Hall–Kier alpha value is -3.47. The number of benzene rings is 2. The van der Waals surface area contributed by atoms with Gasteiger partial charge in [0.15, 0.2) is 0 Å². The lowest BCUT2D eigenvalue weighted by Gasteiger charge is -2.30. The van der Waals surface area contributed by atoms with Gasteiger partial charge in [0.25, 0.3) is 23.6 Å². The largest absolute Gasteiger partial charge is 0.436 e. The summed E-state index contributed by atoms with van der Waals surface area (Å²) in [5.74, 6) is -11.3. The van der Waals surface area contributed by atoms with Gasteiger partial charge in [0.2, 0.25) is 0 Å². The van der Waals surface area contributed by atoms with Crippen LogP contribution < -0.4 is 0 Å². The van der Waals surface area contributed by atoms with E-state index in [-0.39, 0.29) is 27.0 Å². The van der Waals surface area contributed by atoms with Gasteiger partial charge in [-0.15, -0.1) is 14.4 Å². The van der Waals surface area contributed by atoms with Gasteiger partial charge in [0, 0.05) is 10.8 Å². The summed E-state index contributed by atoms with van der Waals surface area (Å²) in [6.07, 6.45) is 0. The third kappa shape index (κ3) is 2.81. The molecule has 0 bridgehead atoms. The number of aliphatic hydroxyl groups is 1. The first-order chi connectivity index (χ1) is 15.2. The Kier molecular flexibility index (Phi) is 4.66. The van der Waals surface area contributed by atoms with Crippen molar-refractivity contribution in [2.24, 2.45) is 0 Å². The molecule has 2 aliphatic rings. The first kappa shape index (κ1) is 22.7. The minimum Gasteiger partial charge on any atom is -0.390 e. The molecule has 4 amide bonds. The van der Waals surface area contributed by atoms with Crippen molar-refractivity contribution in [1.29, 1.82) is 0 Å². The molecule has 0 radical (unpaired) electrons. The summed E-state index contributed by atoms with van der Waals surface area (Å²) in [5, 5.41) is 10.5. The van der Waals surface area contributed by atoms with Crippen molar-refractivity contribution in [3.8, 4) is 0 Å². The maximum absolute atomic E-state index is 13.8. The third-order valence-corrected chi connectivity index (χ3v) is 6.22. The van der Waals surface area contributed by atoms with Crippen LogP contribution in [0.4, 0.5) is 17.6 Å². The average Bonchev–Trinajstić information content (AvgIpc) is 2.76. The van der Waals surface area contributed by atoms with Crippen molar-refractivity contribution in [2.45, 2.75) is 11.2 Å². The van der Waals surface area contributed by atoms with E-state index in [1.165, 1.54) is 0 Å². The zero-order valence-electron chi connectivity index (χ0n) is 15.6. The fourth-order valence-corrected chi connectivity index (χ4v) is 4.18. The van der Waals surface area contributed by atoms with Crippen LogP contribution in [-0.4, -0.2) is 70.3 Å². The van der Waals surface area contributed by atoms with Gasteiger partial charge in [-0.3, -0.25) is 24.4 Å². The summed E-state index contributed by atoms with van der Waals surface area (Å²) in [6.45, 7) is -2.60. The molecule has 0 saturated carbocycles. The van der Waals surface area contributed by atoms with Crippen molar-refractivity contribution in [3.63, 3.8) is 0 Å². The van der Waals surface area contributed by atoms with Crippen LogP contribution in [0.1, 0.15) is 41.4 Å². The van der Waals surface area contributed by atoms with Crippen molar-refractivity contribution in [3.05, 3.63) is 46.5 Å². The van der Waals surface area contributed by atoms with Crippen LogP contribution >= 0.6 is 0 Å². The highest BCUT2D eigenvalue weighted by Gasteiger charge is 2.67. The maximum atomic E-state index is 13.8. The van der Waals surface area contributed by atoms with Gasteiger partial charge < -0.3 is 5.11 Å². The molecule has 2 aromatic rings. The fourth-order valence-electron chi connectivity index (χ4n) is 3.33. The van der Waals surface area contributed by atoms with Gasteiger partial charge in [0.1, 0.15) is 6.61 Å². The monoisotopic (exact) mass is 492 g/mol. The topological polar surface area (TPSA) is 159 Å². The van der Waals surface area contributed by atoms with Gasteiger partial charge in [-0.05, 0) is 24.3 Å². The first-order valence-electron chi connectivity index (χ1n) is 8.54. The molecular formula is C17H8F4N2O9S. The second-order valence-electron chi connectivity index (χ2n) is 6.81. The smallest absolute Gasteiger partial charge is 0.390 e. The lowest BCUT2D eigenvalue weighted by Crippen LogP contribution is -2.53. The van der Waals surface area contributed by atoms with E-state index < -0.39 is 67.7 Å². The number of amides is 4. The summed E-state index contributed by atoms with van der Waals surface area (Å²) in [7, 11) is -6.71. The van der Waals surface area contributed by atoms with E-state index in [1.54, 1.807) is 0 Å². The number of carbonyl (C=O) groups excluding carboxylic acids is 4. The van der Waals surface area contributed by atoms with E-state index in [0.717, 1.165) is 24.3 Å². The highest BCUT2D eigenvalue weighted by Crippen LogP contribution is 2.42. The molecule has 0 aliphatic carbocycles. The molecule has 174 valence electrons. The van der Waals surface area contributed by atoms with Crippen LogP contribution in [0.25, 0.3) is 10.8 Å². The normalized spacial score (nSPS) is 16.8. The van der Waals surface area contributed by atoms with E-state index in [2.05, 4.69) is 4.28 Å². The standard InChI is InChI=1S/C17H8F4N2O9S/c18-16(19,5-24)17(20,21)33(30,31)32-23-14(27)8-3-1-6-10-7(13(26)22(29)12(6)25)2-4-9(11(8)10)15(23)28/h1-4,24,29H,5H2. The number of hydrogen-bond acceptors (Lipinski definition) is 9. The molecule has 0 aromatic heterocycles. The molecule has 0 saturated heterocycles. The summed E-state index contributed by atoms with van der Waals surface area (Å²) < 4.78 is 81.7. The average molecular weight is 492 g/mol. The molecule has 33 heavy (non-hydrogen) atoms. The minimum absolute atomic E-state index is 0.211. The lowest BCUT2D eigenvalue weighted by atomic mass is 9.87. The molecular weight excluding hydrogens is 484 g/mol. The third-order valence-electron chi connectivity index (χ3n) is 4.95. The second kappa shape index (κ2) is 6.77. The first-order valence-corrected chi connectivity index (χ1v) is 9.95. The highest BCUT2D eigenvalue weighted by molar-refractivity contribution is 7.87. The summed E-state index contributed by atoms with van der Waals surface area (Å²) in [4.78, 5) is 49.8. The summed E-state index contributed by atoms with van der Waals surface area (Å²) in [6, 6.07) is 3.56. The number of imide groups is 2.